The van der Waals surface area contributed by atoms with E-state index in [9.17, 15) is 9.18 Å². The summed E-state index contributed by atoms with van der Waals surface area (Å²) in [5.74, 6) is -0.441. The molecule has 5 heteroatoms. The minimum atomic E-state index is -0.525. The van der Waals surface area contributed by atoms with Crippen molar-refractivity contribution in [1.82, 2.24) is 5.32 Å². The lowest BCUT2D eigenvalue weighted by Gasteiger charge is -2.27. The lowest BCUT2D eigenvalue weighted by Crippen LogP contribution is -2.50. The molecule has 0 saturated carbocycles. The van der Waals surface area contributed by atoms with Crippen LogP contribution in [0, 0.1) is 5.82 Å². The zero-order valence-electron chi connectivity index (χ0n) is 10.9. The molecule has 0 spiro atoms. The number of hydrogen-bond donors (Lipinski definition) is 2. The number of nitrogens with two attached hydrogens (primary N) is 1. The van der Waals surface area contributed by atoms with Crippen molar-refractivity contribution in [3.63, 3.8) is 0 Å². The Bertz CT molecular complexity index is 390. The smallest absolute Gasteiger partial charge is 0.237 e. The van der Waals surface area contributed by atoms with Crippen LogP contribution >= 0.6 is 12.4 Å². The van der Waals surface area contributed by atoms with Crippen LogP contribution in [-0.4, -0.2) is 17.5 Å². The summed E-state index contributed by atoms with van der Waals surface area (Å²) >= 11 is 0. The first-order valence-corrected chi connectivity index (χ1v) is 5.62. The number of carbonyl (C=O) groups excluding carboxylic acids is 1. The van der Waals surface area contributed by atoms with Crippen LogP contribution in [0.2, 0.25) is 0 Å². The molecule has 0 fully saturated rings. The minimum absolute atomic E-state index is 0. The fourth-order valence-corrected chi connectivity index (χ4v) is 1.60. The molecular formula is C13H20ClFN2O. The van der Waals surface area contributed by atoms with Gasteiger partial charge in [-0.3, -0.25) is 4.79 Å². The standard InChI is InChI=1S/C13H19FN2O.ClH/c1-9(15)12(17)16-13(2,3)8-10-4-6-11(14)7-5-10;/h4-7,9H,8,15H2,1-3H3,(H,16,17);1H/t9-;/m0./s1. The predicted molar refractivity (Wildman–Crippen MR) is 73.2 cm³/mol. The SMILES string of the molecule is C[C@H](N)C(=O)NC(C)(C)Cc1ccc(F)cc1.Cl. The van der Waals surface area contributed by atoms with Crippen LogP contribution in [-0.2, 0) is 11.2 Å². The molecule has 0 aliphatic carbocycles. The van der Waals surface area contributed by atoms with Gasteiger partial charge < -0.3 is 11.1 Å². The van der Waals surface area contributed by atoms with E-state index in [1.54, 1.807) is 19.1 Å². The van der Waals surface area contributed by atoms with Crippen molar-refractivity contribution in [2.45, 2.75) is 38.8 Å². The number of amides is 1. The van der Waals surface area contributed by atoms with Gasteiger partial charge in [0, 0.05) is 5.54 Å². The van der Waals surface area contributed by atoms with E-state index >= 15 is 0 Å². The lowest BCUT2D eigenvalue weighted by atomic mass is 9.94. The Morgan fingerprint density at radius 3 is 2.33 bits per heavy atom. The number of benzene rings is 1. The van der Waals surface area contributed by atoms with Gasteiger partial charge in [-0.25, -0.2) is 4.39 Å². The highest BCUT2D eigenvalue weighted by atomic mass is 35.5. The van der Waals surface area contributed by atoms with Crippen molar-refractivity contribution in [3.05, 3.63) is 35.6 Å². The highest BCUT2D eigenvalue weighted by molar-refractivity contribution is 5.85. The van der Waals surface area contributed by atoms with Gasteiger partial charge in [-0.2, -0.15) is 0 Å². The normalized spacial score (nSPS) is 12.5. The maximum absolute atomic E-state index is 12.7. The minimum Gasteiger partial charge on any atom is -0.350 e. The molecule has 3 nitrogen and oxygen atoms in total. The van der Waals surface area contributed by atoms with Crippen molar-refractivity contribution < 1.29 is 9.18 Å². The second-order valence-electron chi connectivity index (χ2n) is 4.97. The summed E-state index contributed by atoms with van der Waals surface area (Å²) in [6.07, 6.45) is 0.631. The van der Waals surface area contributed by atoms with E-state index in [1.807, 2.05) is 13.8 Å². The highest BCUT2D eigenvalue weighted by Crippen LogP contribution is 2.13. The molecule has 18 heavy (non-hydrogen) atoms. The van der Waals surface area contributed by atoms with E-state index in [1.165, 1.54) is 12.1 Å². The Morgan fingerprint density at radius 2 is 1.89 bits per heavy atom. The van der Waals surface area contributed by atoms with E-state index in [2.05, 4.69) is 5.32 Å². The summed E-state index contributed by atoms with van der Waals surface area (Å²) in [7, 11) is 0. The Kier molecular flexibility index (Phi) is 6.29. The summed E-state index contributed by atoms with van der Waals surface area (Å²) in [5, 5.41) is 2.86. The van der Waals surface area contributed by atoms with E-state index < -0.39 is 11.6 Å². The van der Waals surface area contributed by atoms with Crippen LogP contribution in [0.25, 0.3) is 0 Å². The van der Waals surface area contributed by atoms with Crippen molar-refractivity contribution in [2.75, 3.05) is 0 Å². The van der Waals surface area contributed by atoms with Gasteiger partial charge in [-0.1, -0.05) is 12.1 Å². The molecule has 1 aromatic rings. The summed E-state index contributed by atoms with van der Waals surface area (Å²) in [6, 6.07) is 5.74. The van der Waals surface area contributed by atoms with Gasteiger partial charge in [-0.15, -0.1) is 12.4 Å². The molecule has 0 aliphatic heterocycles. The summed E-state index contributed by atoms with van der Waals surface area (Å²) in [6.45, 7) is 5.47. The third-order valence-electron chi connectivity index (χ3n) is 2.43. The first-order valence-electron chi connectivity index (χ1n) is 5.62. The van der Waals surface area contributed by atoms with Gasteiger partial charge in [-0.05, 0) is 44.9 Å². The second kappa shape index (κ2) is 6.71. The predicted octanol–water partition coefficient (Wildman–Crippen LogP) is 2.03. The molecule has 3 N–H and O–H groups in total. The second-order valence-corrected chi connectivity index (χ2v) is 4.97. The molecule has 1 rings (SSSR count). The fraction of sp³-hybridized carbons (Fsp3) is 0.462. The molecule has 1 atom stereocenters. The van der Waals surface area contributed by atoms with Crippen LogP contribution in [0.3, 0.4) is 0 Å². The third kappa shape index (κ3) is 5.47. The summed E-state index contributed by atoms with van der Waals surface area (Å²) in [5.41, 5.74) is 6.07. The zero-order valence-corrected chi connectivity index (χ0v) is 11.7. The zero-order chi connectivity index (χ0) is 13.1. The van der Waals surface area contributed by atoms with Gasteiger partial charge in [0.1, 0.15) is 5.82 Å². The Labute approximate surface area is 113 Å². The van der Waals surface area contributed by atoms with Gasteiger partial charge in [0.05, 0.1) is 6.04 Å². The van der Waals surface area contributed by atoms with Gasteiger partial charge in [0.2, 0.25) is 5.91 Å². The largest absolute Gasteiger partial charge is 0.350 e. The van der Waals surface area contributed by atoms with E-state index in [-0.39, 0.29) is 24.1 Å². The number of halogens is 2. The molecule has 0 saturated heterocycles. The Hall–Kier alpha value is -1.13. The van der Waals surface area contributed by atoms with Crippen LogP contribution in [0.1, 0.15) is 26.3 Å². The lowest BCUT2D eigenvalue weighted by molar-refractivity contribution is -0.123. The average molecular weight is 275 g/mol. The highest BCUT2D eigenvalue weighted by Gasteiger charge is 2.22. The molecule has 1 aromatic carbocycles. The van der Waals surface area contributed by atoms with Crippen LogP contribution in [0.15, 0.2) is 24.3 Å². The fourth-order valence-electron chi connectivity index (χ4n) is 1.60. The molecule has 0 aromatic heterocycles. The van der Waals surface area contributed by atoms with Crippen molar-refractivity contribution in [2.24, 2.45) is 5.73 Å². The van der Waals surface area contributed by atoms with Gasteiger partial charge in [0.15, 0.2) is 0 Å². The maximum atomic E-state index is 12.7. The molecule has 0 heterocycles. The molecule has 1 amide bonds. The molecule has 0 bridgehead atoms. The van der Waals surface area contributed by atoms with E-state index in [0.717, 1.165) is 5.56 Å². The van der Waals surface area contributed by atoms with Crippen molar-refractivity contribution >= 4 is 18.3 Å². The average Bonchev–Trinajstić information content (AvgIpc) is 2.20. The first kappa shape index (κ1) is 16.9. The molecular weight excluding hydrogens is 255 g/mol. The Morgan fingerprint density at radius 1 is 1.39 bits per heavy atom. The summed E-state index contributed by atoms with van der Waals surface area (Å²) < 4.78 is 12.7. The van der Waals surface area contributed by atoms with E-state index in [0.29, 0.717) is 6.42 Å². The summed E-state index contributed by atoms with van der Waals surface area (Å²) in [4.78, 5) is 11.5. The molecule has 102 valence electrons. The molecule has 0 unspecified atom stereocenters. The number of carbonyl (C=O) groups is 1. The van der Waals surface area contributed by atoms with Gasteiger partial charge >= 0.3 is 0 Å². The van der Waals surface area contributed by atoms with Crippen molar-refractivity contribution in [1.29, 1.82) is 0 Å². The van der Waals surface area contributed by atoms with E-state index in [4.69, 9.17) is 5.73 Å². The van der Waals surface area contributed by atoms with Crippen LogP contribution in [0.4, 0.5) is 4.39 Å². The number of nitrogens with one attached hydrogen (secondary N) is 1. The first-order chi connectivity index (χ1) is 7.80. The van der Waals surface area contributed by atoms with Crippen LogP contribution in [0.5, 0.6) is 0 Å². The van der Waals surface area contributed by atoms with Crippen LogP contribution < -0.4 is 11.1 Å². The molecule has 0 radical (unpaired) electrons. The Balaban J connectivity index is 0.00000289. The van der Waals surface area contributed by atoms with Gasteiger partial charge in [0.25, 0.3) is 0 Å². The molecule has 0 aliphatic rings. The monoisotopic (exact) mass is 274 g/mol. The topological polar surface area (TPSA) is 55.1 Å². The quantitative estimate of drug-likeness (QED) is 0.883. The van der Waals surface area contributed by atoms with Crippen molar-refractivity contribution in [3.8, 4) is 0 Å². The third-order valence-corrected chi connectivity index (χ3v) is 2.43. The number of rotatable bonds is 4. The number of hydrogen-bond acceptors (Lipinski definition) is 2. The maximum Gasteiger partial charge on any atom is 0.237 e.